The molecule has 2 rings (SSSR count). The van der Waals surface area contributed by atoms with Gasteiger partial charge in [0.05, 0.1) is 4.47 Å². The van der Waals surface area contributed by atoms with Crippen molar-refractivity contribution in [2.24, 2.45) is 0 Å². The van der Waals surface area contributed by atoms with Crippen molar-refractivity contribution in [3.8, 4) is 0 Å². The number of nitrogens with one attached hydrogen (secondary N) is 1. The van der Waals surface area contributed by atoms with E-state index in [1.54, 1.807) is 6.07 Å². The smallest absolute Gasteiger partial charge is 0.224 e. The Morgan fingerprint density at radius 3 is 2.93 bits per heavy atom. The molecule has 1 aromatic carbocycles. The molecule has 0 unspecified atom stereocenters. The number of anilines is 1. The second-order valence-electron chi connectivity index (χ2n) is 3.33. The lowest BCUT2D eigenvalue weighted by Gasteiger charge is -2.07. The maximum atomic E-state index is 13.2. The van der Waals surface area contributed by atoms with Crippen molar-refractivity contribution >= 4 is 27.5 Å². The third-order valence-electron chi connectivity index (χ3n) is 2.27. The minimum Gasteiger partial charge on any atom is -0.326 e. The first-order valence-electron chi connectivity index (χ1n) is 4.44. The number of benzene rings is 1. The summed E-state index contributed by atoms with van der Waals surface area (Å²) in [6, 6.07) is 3.10. The van der Waals surface area contributed by atoms with Crippen LogP contribution >= 0.6 is 15.9 Å². The van der Waals surface area contributed by atoms with Crippen molar-refractivity contribution < 1.29 is 9.18 Å². The van der Waals surface area contributed by atoms with E-state index in [0.29, 0.717) is 10.9 Å². The first-order valence-corrected chi connectivity index (χ1v) is 5.24. The van der Waals surface area contributed by atoms with Crippen LogP contribution in [0.5, 0.6) is 0 Å². The van der Waals surface area contributed by atoms with E-state index in [9.17, 15) is 9.18 Å². The van der Waals surface area contributed by atoms with E-state index in [2.05, 4.69) is 21.2 Å². The van der Waals surface area contributed by atoms with Crippen molar-refractivity contribution in [1.82, 2.24) is 0 Å². The average molecular weight is 258 g/mol. The first-order chi connectivity index (χ1) is 6.66. The van der Waals surface area contributed by atoms with Gasteiger partial charge >= 0.3 is 0 Å². The lowest BCUT2D eigenvalue weighted by molar-refractivity contribution is -0.116. The maximum Gasteiger partial charge on any atom is 0.224 e. The van der Waals surface area contributed by atoms with Crippen molar-refractivity contribution in [3.63, 3.8) is 0 Å². The fourth-order valence-corrected chi connectivity index (χ4v) is 1.91. The second kappa shape index (κ2) is 3.69. The number of carbonyl (C=O) groups is 1. The Balaban J connectivity index is 2.46. The monoisotopic (exact) mass is 257 g/mol. The summed E-state index contributed by atoms with van der Waals surface area (Å²) >= 11 is 3.09. The zero-order valence-corrected chi connectivity index (χ0v) is 9.03. The predicted molar refractivity (Wildman–Crippen MR) is 55.7 cm³/mol. The molecular formula is C10H9BrFNO. The molecule has 2 nitrogen and oxygen atoms in total. The number of aryl methyl sites for hydroxylation is 1. The molecule has 1 amide bonds. The van der Waals surface area contributed by atoms with Crippen molar-refractivity contribution in [2.75, 3.05) is 5.32 Å². The molecule has 0 saturated heterocycles. The summed E-state index contributed by atoms with van der Waals surface area (Å²) in [5, 5.41) is 2.75. The summed E-state index contributed by atoms with van der Waals surface area (Å²) in [6.45, 7) is 0. The molecule has 0 radical (unpaired) electrons. The Morgan fingerprint density at radius 1 is 1.36 bits per heavy atom. The third kappa shape index (κ3) is 1.80. The SMILES string of the molecule is O=C1CCCc2cc(F)c(Br)cc2N1. The van der Waals surface area contributed by atoms with Crippen LogP contribution in [0.3, 0.4) is 0 Å². The zero-order chi connectivity index (χ0) is 10.1. The van der Waals surface area contributed by atoms with Gasteiger partial charge < -0.3 is 5.32 Å². The Morgan fingerprint density at radius 2 is 2.14 bits per heavy atom. The van der Waals surface area contributed by atoms with E-state index < -0.39 is 0 Å². The van der Waals surface area contributed by atoms with Gasteiger partial charge in [0.2, 0.25) is 5.91 Å². The molecule has 0 saturated carbocycles. The first kappa shape index (κ1) is 9.65. The summed E-state index contributed by atoms with van der Waals surface area (Å²) in [5.41, 5.74) is 1.59. The highest BCUT2D eigenvalue weighted by atomic mass is 79.9. The molecule has 0 aliphatic carbocycles. The molecule has 14 heavy (non-hydrogen) atoms. The normalized spacial score (nSPS) is 15.7. The number of hydrogen-bond acceptors (Lipinski definition) is 1. The fourth-order valence-electron chi connectivity index (χ4n) is 1.56. The molecule has 0 spiro atoms. The van der Waals surface area contributed by atoms with E-state index >= 15 is 0 Å². The van der Waals surface area contributed by atoms with Gasteiger partial charge in [0.15, 0.2) is 0 Å². The molecule has 1 aliphatic rings. The Hall–Kier alpha value is -0.900. The predicted octanol–water partition coefficient (Wildman–Crippen LogP) is 2.86. The lowest BCUT2D eigenvalue weighted by Crippen LogP contribution is -2.09. The Labute approximate surface area is 89.6 Å². The van der Waals surface area contributed by atoms with Crippen molar-refractivity contribution in [2.45, 2.75) is 19.3 Å². The van der Waals surface area contributed by atoms with Crippen LogP contribution in [-0.2, 0) is 11.2 Å². The minimum absolute atomic E-state index is 0.00209. The van der Waals surface area contributed by atoms with Crippen LogP contribution in [0.15, 0.2) is 16.6 Å². The summed E-state index contributed by atoms with van der Waals surface area (Å²) in [4.78, 5) is 11.2. The highest BCUT2D eigenvalue weighted by molar-refractivity contribution is 9.10. The number of rotatable bonds is 0. The molecule has 1 N–H and O–H groups in total. The molecule has 4 heteroatoms. The van der Waals surface area contributed by atoms with E-state index in [0.717, 1.165) is 24.1 Å². The molecule has 74 valence electrons. The van der Waals surface area contributed by atoms with Gasteiger partial charge in [-0.3, -0.25) is 4.79 Å². The number of carbonyl (C=O) groups excluding carboxylic acids is 1. The summed E-state index contributed by atoms with van der Waals surface area (Å²) in [5.74, 6) is -0.276. The number of hydrogen-bond donors (Lipinski definition) is 1. The number of fused-ring (bicyclic) bond motifs is 1. The summed E-state index contributed by atoms with van der Waals surface area (Å²) in [7, 11) is 0. The van der Waals surface area contributed by atoms with Gasteiger partial charge in [0, 0.05) is 12.1 Å². The van der Waals surface area contributed by atoms with Crippen LogP contribution in [0, 0.1) is 5.82 Å². The minimum atomic E-state index is -0.278. The molecular weight excluding hydrogens is 249 g/mol. The third-order valence-corrected chi connectivity index (χ3v) is 2.88. The van der Waals surface area contributed by atoms with E-state index in [4.69, 9.17) is 0 Å². The number of amides is 1. The van der Waals surface area contributed by atoms with Crippen LogP contribution in [-0.4, -0.2) is 5.91 Å². The van der Waals surface area contributed by atoms with Crippen LogP contribution in [0.4, 0.5) is 10.1 Å². The van der Waals surface area contributed by atoms with Gasteiger partial charge in [0.1, 0.15) is 5.82 Å². The van der Waals surface area contributed by atoms with Gasteiger partial charge in [-0.2, -0.15) is 0 Å². The summed E-state index contributed by atoms with van der Waals surface area (Å²) in [6.07, 6.45) is 2.03. The molecule has 1 heterocycles. The quantitative estimate of drug-likeness (QED) is 0.761. The van der Waals surface area contributed by atoms with Crippen LogP contribution in [0.25, 0.3) is 0 Å². The van der Waals surface area contributed by atoms with Gasteiger partial charge in [-0.15, -0.1) is 0 Å². The van der Waals surface area contributed by atoms with Gasteiger partial charge in [0.25, 0.3) is 0 Å². The van der Waals surface area contributed by atoms with Crippen LogP contribution < -0.4 is 5.32 Å². The molecule has 1 aliphatic heterocycles. The standard InChI is InChI=1S/C10H9BrFNO/c11-7-5-9-6(4-8(7)12)2-1-3-10(14)13-9/h4-5H,1-3H2,(H,13,14). The average Bonchev–Trinajstić information content (AvgIpc) is 2.28. The van der Waals surface area contributed by atoms with Gasteiger partial charge in [-0.25, -0.2) is 4.39 Å². The van der Waals surface area contributed by atoms with Crippen LogP contribution in [0.1, 0.15) is 18.4 Å². The van der Waals surface area contributed by atoms with E-state index in [1.165, 1.54) is 6.07 Å². The molecule has 0 bridgehead atoms. The highest BCUT2D eigenvalue weighted by Crippen LogP contribution is 2.28. The highest BCUT2D eigenvalue weighted by Gasteiger charge is 2.14. The fraction of sp³-hybridized carbons (Fsp3) is 0.300. The maximum absolute atomic E-state index is 13.2. The molecule has 0 atom stereocenters. The lowest BCUT2D eigenvalue weighted by atomic mass is 10.1. The Bertz CT molecular complexity index is 392. The Kier molecular flexibility index (Phi) is 2.54. The molecule has 0 fully saturated rings. The molecule has 0 aromatic heterocycles. The molecule has 1 aromatic rings. The summed E-state index contributed by atoms with van der Waals surface area (Å²) < 4.78 is 13.6. The van der Waals surface area contributed by atoms with Crippen LogP contribution in [0.2, 0.25) is 0 Å². The zero-order valence-electron chi connectivity index (χ0n) is 7.44. The van der Waals surface area contributed by atoms with E-state index in [-0.39, 0.29) is 11.7 Å². The van der Waals surface area contributed by atoms with Crippen molar-refractivity contribution in [3.05, 3.63) is 28.0 Å². The van der Waals surface area contributed by atoms with Gasteiger partial charge in [-0.1, -0.05) is 0 Å². The van der Waals surface area contributed by atoms with Gasteiger partial charge in [-0.05, 0) is 46.5 Å². The van der Waals surface area contributed by atoms with E-state index in [1.807, 2.05) is 0 Å². The second-order valence-corrected chi connectivity index (χ2v) is 4.18. The number of halogens is 2. The van der Waals surface area contributed by atoms with Crippen molar-refractivity contribution in [1.29, 1.82) is 0 Å². The largest absolute Gasteiger partial charge is 0.326 e. The topological polar surface area (TPSA) is 29.1 Å².